The van der Waals surface area contributed by atoms with Crippen molar-refractivity contribution in [3.63, 3.8) is 0 Å². The molecule has 0 radical (unpaired) electrons. The normalized spacial score (nSPS) is 11.7. The maximum atomic E-state index is 13.4. The molecule has 6 nitrogen and oxygen atoms in total. The summed E-state index contributed by atoms with van der Waals surface area (Å²) in [7, 11) is 0. The van der Waals surface area contributed by atoms with Crippen LogP contribution in [0.5, 0.6) is 0 Å². The van der Waals surface area contributed by atoms with Gasteiger partial charge >= 0.3 is 0 Å². The minimum Gasteiger partial charge on any atom is -0.325 e. The summed E-state index contributed by atoms with van der Waals surface area (Å²) < 4.78 is 1.77. The summed E-state index contributed by atoms with van der Waals surface area (Å²) in [6.07, 6.45) is 1.62. The first-order valence-corrected chi connectivity index (χ1v) is 16.3. The predicted octanol–water partition coefficient (Wildman–Crippen LogP) is 9.09. The summed E-state index contributed by atoms with van der Waals surface area (Å²) in [4.78, 5) is 40.6. The number of hydrogen-bond donors (Lipinski definition) is 3. The van der Waals surface area contributed by atoms with E-state index < -0.39 is 17.1 Å². The first-order chi connectivity index (χ1) is 21.8. The molecular formula is C36H27Br2N3O3S. The highest BCUT2D eigenvalue weighted by molar-refractivity contribution is 9.10. The molecule has 0 aliphatic heterocycles. The molecule has 0 fully saturated rings. The van der Waals surface area contributed by atoms with Gasteiger partial charge in [0.1, 0.15) is 10.9 Å². The number of halogens is 2. The van der Waals surface area contributed by atoms with E-state index in [0.717, 1.165) is 25.0 Å². The van der Waals surface area contributed by atoms with Crippen LogP contribution in [0.4, 0.5) is 11.4 Å². The summed E-state index contributed by atoms with van der Waals surface area (Å²) in [6, 6.07) is 40.4. The molecule has 0 spiro atoms. The van der Waals surface area contributed by atoms with Crippen LogP contribution in [0.1, 0.15) is 26.7 Å². The molecule has 5 rings (SSSR count). The Balaban J connectivity index is 1.32. The summed E-state index contributed by atoms with van der Waals surface area (Å²) in [5.74, 6) is -1.02. The molecule has 0 heterocycles. The van der Waals surface area contributed by atoms with Gasteiger partial charge in [0.25, 0.3) is 11.8 Å². The minimum absolute atomic E-state index is 0.0918. The van der Waals surface area contributed by atoms with Gasteiger partial charge in [-0.2, -0.15) is 0 Å². The molecule has 3 N–H and O–H groups in total. The Bertz CT molecular complexity index is 1810. The van der Waals surface area contributed by atoms with Crippen LogP contribution >= 0.6 is 43.6 Å². The highest BCUT2D eigenvalue weighted by Crippen LogP contribution is 2.37. The van der Waals surface area contributed by atoms with Crippen molar-refractivity contribution in [3.8, 4) is 0 Å². The Labute approximate surface area is 282 Å². The van der Waals surface area contributed by atoms with Crippen LogP contribution in [0.2, 0.25) is 0 Å². The topological polar surface area (TPSA) is 87.3 Å². The first-order valence-electron chi connectivity index (χ1n) is 13.9. The van der Waals surface area contributed by atoms with Crippen molar-refractivity contribution in [3.05, 3.63) is 165 Å². The van der Waals surface area contributed by atoms with E-state index in [9.17, 15) is 14.4 Å². The van der Waals surface area contributed by atoms with Crippen molar-refractivity contribution in [2.24, 2.45) is 0 Å². The number of thioether (sulfide) groups is 1. The summed E-state index contributed by atoms with van der Waals surface area (Å²) in [5, 5.41) is 8.13. The zero-order valence-electron chi connectivity index (χ0n) is 23.7. The second kappa shape index (κ2) is 15.5. The minimum atomic E-state index is -0.511. The van der Waals surface area contributed by atoms with Gasteiger partial charge in [0.2, 0.25) is 5.91 Å². The third-order valence-corrected chi connectivity index (χ3v) is 8.80. The number of carbonyl (C=O) groups is 3. The van der Waals surface area contributed by atoms with Crippen LogP contribution in [0.25, 0.3) is 6.08 Å². The number of amides is 3. The molecule has 9 heteroatoms. The van der Waals surface area contributed by atoms with Crippen LogP contribution in [0.3, 0.4) is 0 Å². The van der Waals surface area contributed by atoms with E-state index in [-0.39, 0.29) is 11.6 Å². The highest BCUT2D eigenvalue weighted by Gasteiger charge is 2.22. The second-order valence-corrected chi connectivity index (χ2v) is 12.8. The zero-order valence-corrected chi connectivity index (χ0v) is 27.7. The van der Waals surface area contributed by atoms with E-state index >= 15 is 0 Å². The molecule has 0 saturated carbocycles. The van der Waals surface area contributed by atoms with E-state index in [2.05, 4.69) is 47.8 Å². The van der Waals surface area contributed by atoms with E-state index in [4.69, 9.17) is 0 Å². The standard InChI is InChI=1S/C36H27Br2N3O3S/c37-27-14-16-29(17-15-27)40-36(44)33(25-9-3-1-4-10-25)45-31-20-18-30(19-21-31)39-35(43)32(23-24-8-7-13-28(38)22-24)41-34(42)26-11-5-2-6-12-26/h1-23,33H,(H,39,43)(H,40,44)(H,41,42)/b32-23-. The van der Waals surface area contributed by atoms with Gasteiger partial charge in [0.15, 0.2) is 0 Å². The van der Waals surface area contributed by atoms with Crippen molar-refractivity contribution in [1.82, 2.24) is 5.32 Å². The molecule has 1 atom stereocenters. The van der Waals surface area contributed by atoms with Crippen LogP contribution < -0.4 is 16.0 Å². The van der Waals surface area contributed by atoms with Gasteiger partial charge < -0.3 is 16.0 Å². The Kier molecular flexibility index (Phi) is 11.0. The molecule has 224 valence electrons. The monoisotopic (exact) mass is 739 g/mol. The SMILES string of the molecule is O=C(Nc1ccc(SC(C(=O)Nc2ccc(Br)cc2)c2ccccc2)cc1)/C(=C/c1cccc(Br)c1)NC(=O)c1ccccc1. The smallest absolute Gasteiger partial charge is 0.272 e. The van der Waals surface area contributed by atoms with Crippen molar-refractivity contribution < 1.29 is 14.4 Å². The molecule has 5 aromatic rings. The quantitative estimate of drug-likeness (QED) is 0.0985. The van der Waals surface area contributed by atoms with Gasteiger partial charge in [0, 0.05) is 30.8 Å². The van der Waals surface area contributed by atoms with Crippen LogP contribution in [0.15, 0.2) is 153 Å². The van der Waals surface area contributed by atoms with Crippen LogP contribution in [0, 0.1) is 0 Å². The molecule has 45 heavy (non-hydrogen) atoms. The molecule has 5 aromatic carbocycles. The fraction of sp³-hybridized carbons (Fsp3) is 0.0278. The number of nitrogens with one attached hydrogen (secondary N) is 3. The Morgan fingerprint density at radius 1 is 0.644 bits per heavy atom. The van der Waals surface area contributed by atoms with Crippen molar-refractivity contribution >= 4 is 78.8 Å². The Morgan fingerprint density at radius 3 is 1.93 bits per heavy atom. The lowest BCUT2D eigenvalue weighted by atomic mass is 10.1. The van der Waals surface area contributed by atoms with Gasteiger partial charge in [-0.25, -0.2) is 0 Å². The number of rotatable bonds is 10. The molecule has 0 aromatic heterocycles. The fourth-order valence-corrected chi connectivity index (χ4v) is 6.00. The predicted molar refractivity (Wildman–Crippen MR) is 189 cm³/mol. The van der Waals surface area contributed by atoms with Crippen LogP contribution in [-0.4, -0.2) is 17.7 Å². The van der Waals surface area contributed by atoms with Gasteiger partial charge in [0.05, 0.1) is 0 Å². The van der Waals surface area contributed by atoms with Crippen LogP contribution in [-0.2, 0) is 9.59 Å². The zero-order chi connectivity index (χ0) is 31.6. The molecule has 0 aliphatic rings. The van der Waals surface area contributed by atoms with Gasteiger partial charge in [-0.1, -0.05) is 92.5 Å². The number of carbonyl (C=O) groups excluding carboxylic acids is 3. The number of anilines is 2. The van der Waals surface area contributed by atoms with E-state index in [1.807, 2.05) is 97.1 Å². The maximum Gasteiger partial charge on any atom is 0.272 e. The lowest BCUT2D eigenvalue weighted by Crippen LogP contribution is -2.30. The lowest BCUT2D eigenvalue weighted by Gasteiger charge is -2.17. The number of hydrogen-bond acceptors (Lipinski definition) is 4. The molecule has 3 amide bonds. The average molecular weight is 742 g/mol. The van der Waals surface area contributed by atoms with Crippen molar-refractivity contribution in [2.45, 2.75) is 10.1 Å². The molecular weight excluding hydrogens is 714 g/mol. The van der Waals surface area contributed by atoms with Gasteiger partial charge in [-0.05, 0) is 90.0 Å². The maximum absolute atomic E-state index is 13.4. The molecule has 1 unspecified atom stereocenters. The highest BCUT2D eigenvalue weighted by atomic mass is 79.9. The largest absolute Gasteiger partial charge is 0.325 e. The van der Waals surface area contributed by atoms with Crippen molar-refractivity contribution in [2.75, 3.05) is 10.6 Å². The lowest BCUT2D eigenvalue weighted by molar-refractivity contribution is -0.116. The molecule has 0 aliphatic carbocycles. The second-order valence-electron chi connectivity index (χ2n) is 9.82. The number of benzene rings is 5. The van der Waals surface area contributed by atoms with E-state index in [0.29, 0.717) is 16.9 Å². The van der Waals surface area contributed by atoms with Gasteiger partial charge in [-0.15, -0.1) is 11.8 Å². The third kappa shape index (κ3) is 9.28. The average Bonchev–Trinajstić information content (AvgIpc) is 3.06. The summed E-state index contributed by atoms with van der Waals surface area (Å²) >= 11 is 8.28. The Hall–Kier alpha value is -4.44. The van der Waals surface area contributed by atoms with E-state index in [1.165, 1.54) is 11.8 Å². The van der Waals surface area contributed by atoms with Gasteiger partial charge in [-0.3, -0.25) is 14.4 Å². The Morgan fingerprint density at radius 2 is 1.27 bits per heavy atom. The first kappa shape index (κ1) is 32.0. The molecule has 0 bridgehead atoms. The summed E-state index contributed by atoms with van der Waals surface area (Å²) in [6.45, 7) is 0. The fourth-order valence-electron chi connectivity index (χ4n) is 4.30. The summed E-state index contributed by atoms with van der Waals surface area (Å²) in [5.41, 5.74) is 3.37. The molecule has 0 saturated heterocycles. The van der Waals surface area contributed by atoms with Crippen molar-refractivity contribution in [1.29, 1.82) is 0 Å². The third-order valence-electron chi connectivity index (χ3n) is 6.51. The van der Waals surface area contributed by atoms with E-state index in [1.54, 1.807) is 42.5 Å².